The van der Waals surface area contributed by atoms with E-state index >= 15 is 0 Å². The smallest absolute Gasteiger partial charge is 0.222 e. The molecule has 0 aliphatic rings. The van der Waals surface area contributed by atoms with Gasteiger partial charge in [0.1, 0.15) is 23.5 Å². The van der Waals surface area contributed by atoms with Gasteiger partial charge in [0, 0.05) is 50.4 Å². The molecule has 2 aromatic carbocycles. The third-order valence-electron chi connectivity index (χ3n) is 4.95. The van der Waals surface area contributed by atoms with Crippen LogP contribution < -0.4 is 5.32 Å². The number of halogens is 1. The highest BCUT2D eigenvalue weighted by Gasteiger charge is 2.21. The summed E-state index contributed by atoms with van der Waals surface area (Å²) in [5.41, 5.74) is 1.77. The molecule has 0 radical (unpaired) electrons. The molecule has 1 atom stereocenters. The average Bonchev–Trinajstić information content (AvgIpc) is 3.41. The molecule has 0 saturated heterocycles. The van der Waals surface area contributed by atoms with Gasteiger partial charge in [-0.25, -0.2) is 14.4 Å². The molecule has 4 aromatic rings. The number of carbonyl (C=O) groups is 1. The van der Waals surface area contributed by atoms with Crippen molar-refractivity contribution in [2.75, 3.05) is 0 Å². The summed E-state index contributed by atoms with van der Waals surface area (Å²) < 4.78 is 17.2. The number of aryl methyl sites for hydroxylation is 2. The molecule has 0 aliphatic heterocycles. The number of hydrogen-bond acceptors (Lipinski definition) is 3. The van der Waals surface area contributed by atoms with E-state index in [0.29, 0.717) is 12.4 Å². The normalized spacial score (nSPS) is 11.9. The molecular formula is C23H22FN5O. The highest BCUT2D eigenvalue weighted by molar-refractivity contribution is 5.76. The Hall–Kier alpha value is -3.74. The first-order valence-corrected chi connectivity index (χ1v) is 9.70. The van der Waals surface area contributed by atoms with Crippen LogP contribution in [0.15, 0.2) is 79.4 Å². The van der Waals surface area contributed by atoms with Gasteiger partial charge in [0.2, 0.25) is 5.91 Å². The van der Waals surface area contributed by atoms with E-state index in [1.165, 1.54) is 12.1 Å². The molecule has 0 bridgehead atoms. The predicted octanol–water partition coefficient (Wildman–Crippen LogP) is 3.72. The van der Waals surface area contributed by atoms with Crippen LogP contribution in [0, 0.1) is 5.82 Å². The largest absolute Gasteiger partial charge is 0.342 e. The van der Waals surface area contributed by atoms with E-state index in [9.17, 15) is 9.18 Å². The SMILES string of the molecule is Cn1ccnc1[C@@H](NC(=O)CCn1ccnc1-c1ccccc1)c1ccc(F)cc1. The molecule has 0 unspecified atom stereocenters. The van der Waals surface area contributed by atoms with Crippen molar-refractivity contribution >= 4 is 5.91 Å². The molecule has 6 nitrogen and oxygen atoms in total. The van der Waals surface area contributed by atoms with Crippen molar-refractivity contribution in [2.45, 2.75) is 19.0 Å². The van der Waals surface area contributed by atoms with Gasteiger partial charge in [0.25, 0.3) is 0 Å². The van der Waals surface area contributed by atoms with Gasteiger partial charge in [0.05, 0.1) is 0 Å². The zero-order valence-electron chi connectivity index (χ0n) is 16.6. The summed E-state index contributed by atoms with van der Waals surface area (Å²) in [6, 6.07) is 15.5. The van der Waals surface area contributed by atoms with Crippen molar-refractivity contribution in [3.63, 3.8) is 0 Å². The summed E-state index contributed by atoms with van der Waals surface area (Å²) in [4.78, 5) is 21.6. The first-order valence-electron chi connectivity index (χ1n) is 9.70. The number of aromatic nitrogens is 4. The Morgan fingerprint density at radius 2 is 1.77 bits per heavy atom. The number of benzene rings is 2. The third kappa shape index (κ3) is 4.30. The second kappa shape index (κ2) is 8.73. The lowest BCUT2D eigenvalue weighted by Crippen LogP contribution is -2.31. The van der Waals surface area contributed by atoms with Crippen LogP contribution in [0.3, 0.4) is 0 Å². The third-order valence-corrected chi connectivity index (χ3v) is 4.95. The van der Waals surface area contributed by atoms with Crippen LogP contribution >= 0.6 is 0 Å². The van der Waals surface area contributed by atoms with Gasteiger partial charge in [-0.05, 0) is 17.7 Å². The van der Waals surface area contributed by atoms with Gasteiger partial charge < -0.3 is 14.5 Å². The molecule has 152 valence electrons. The van der Waals surface area contributed by atoms with Crippen molar-refractivity contribution in [2.24, 2.45) is 7.05 Å². The van der Waals surface area contributed by atoms with Crippen LogP contribution in [-0.2, 0) is 18.4 Å². The first-order chi connectivity index (χ1) is 14.6. The Bertz CT molecular complexity index is 1120. The van der Waals surface area contributed by atoms with Gasteiger partial charge in [-0.3, -0.25) is 4.79 Å². The summed E-state index contributed by atoms with van der Waals surface area (Å²) >= 11 is 0. The van der Waals surface area contributed by atoms with Crippen LogP contribution in [0.1, 0.15) is 23.9 Å². The lowest BCUT2D eigenvalue weighted by atomic mass is 10.1. The number of hydrogen-bond donors (Lipinski definition) is 1. The molecule has 1 amide bonds. The minimum atomic E-state index is -0.463. The Morgan fingerprint density at radius 3 is 2.47 bits per heavy atom. The van der Waals surface area contributed by atoms with E-state index in [0.717, 1.165) is 17.0 Å². The van der Waals surface area contributed by atoms with E-state index < -0.39 is 6.04 Å². The maximum atomic E-state index is 13.4. The van der Waals surface area contributed by atoms with E-state index in [1.54, 1.807) is 24.5 Å². The van der Waals surface area contributed by atoms with Crippen LogP contribution in [0.5, 0.6) is 0 Å². The molecule has 1 N–H and O–H groups in total. The van der Waals surface area contributed by atoms with E-state index in [4.69, 9.17) is 0 Å². The fourth-order valence-corrected chi connectivity index (χ4v) is 3.40. The van der Waals surface area contributed by atoms with E-state index in [1.807, 2.05) is 58.9 Å². The number of nitrogens with zero attached hydrogens (tertiary/aromatic N) is 4. The molecule has 4 rings (SSSR count). The van der Waals surface area contributed by atoms with Crippen molar-refractivity contribution in [3.05, 3.63) is 96.6 Å². The van der Waals surface area contributed by atoms with E-state index in [2.05, 4.69) is 15.3 Å². The molecule has 0 aliphatic carbocycles. The van der Waals surface area contributed by atoms with Gasteiger partial charge in [0.15, 0.2) is 0 Å². The van der Waals surface area contributed by atoms with Crippen molar-refractivity contribution in [1.82, 2.24) is 24.4 Å². The quantitative estimate of drug-likeness (QED) is 0.512. The highest BCUT2D eigenvalue weighted by atomic mass is 19.1. The van der Waals surface area contributed by atoms with Crippen molar-refractivity contribution in [1.29, 1.82) is 0 Å². The number of amides is 1. The number of imidazole rings is 2. The lowest BCUT2D eigenvalue weighted by molar-refractivity contribution is -0.121. The second-order valence-electron chi connectivity index (χ2n) is 7.01. The Labute approximate surface area is 174 Å². The molecule has 2 aromatic heterocycles. The Morgan fingerprint density at radius 1 is 1.03 bits per heavy atom. The predicted molar refractivity (Wildman–Crippen MR) is 112 cm³/mol. The van der Waals surface area contributed by atoms with Gasteiger partial charge in [-0.2, -0.15) is 0 Å². The van der Waals surface area contributed by atoms with Gasteiger partial charge in [-0.1, -0.05) is 42.5 Å². The molecule has 0 fully saturated rings. The van der Waals surface area contributed by atoms with Gasteiger partial charge in [-0.15, -0.1) is 0 Å². The van der Waals surface area contributed by atoms with Crippen molar-refractivity contribution < 1.29 is 9.18 Å². The Kier molecular flexibility index (Phi) is 5.70. The maximum Gasteiger partial charge on any atom is 0.222 e. The highest BCUT2D eigenvalue weighted by Crippen LogP contribution is 2.21. The van der Waals surface area contributed by atoms with Crippen LogP contribution in [0.25, 0.3) is 11.4 Å². The zero-order valence-corrected chi connectivity index (χ0v) is 16.6. The first kappa shape index (κ1) is 19.6. The number of carbonyl (C=O) groups excluding carboxylic acids is 1. The molecule has 7 heteroatoms. The maximum absolute atomic E-state index is 13.4. The van der Waals surface area contributed by atoms with Gasteiger partial charge >= 0.3 is 0 Å². The summed E-state index contributed by atoms with van der Waals surface area (Å²) in [7, 11) is 1.86. The number of rotatable bonds is 7. The zero-order chi connectivity index (χ0) is 20.9. The fourth-order valence-electron chi connectivity index (χ4n) is 3.40. The van der Waals surface area contributed by atoms with Crippen molar-refractivity contribution in [3.8, 4) is 11.4 Å². The minimum Gasteiger partial charge on any atom is -0.342 e. The molecule has 0 spiro atoms. The average molecular weight is 403 g/mol. The number of nitrogens with one attached hydrogen (secondary N) is 1. The van der Waals surface area contributed by atoms with Crippen LogP contribution in [-0.4, -0.2) is 25.0 Å². The van der Waals surface area contributed by atoms with Crippen LogP contribution in [0.4, 0.5) is 4.39 Å². The molecule has 0 saturated carbocycles. The summed E-state index contributed by atoms with van der Waals surface area (Å²) in [5, 5.41) is 3.04. The lowest BCUT2D eigenvalue weighted by Gasteiger charge is -2.19. The van der Waals surface area contributed by atoms with Crippen LogP contribution in [0.2, 0.25) is 0 Å². The van der Waals surface area contributed by atoms with E-state index in [-0.39, 0.29) is 18.1 Å². The summed E-state index contributed by atoms with van der Waals surface area (Å²) in [5.74, 6) is 1.06. The summed E-state index contributed by atoms with van der Waals surface area (Å²) in [6.45, 7) is 0.493. The molecular weight excluding hydrogens is 381 g/mol. The topological polar surface area (TPSA) is 64.7 Å². The Balaban J connectivity index is 1.48. The molecule has 2 heterocycles. The standard InChI is InChI=1S/C23H22FN5O/c1-28-15-12-26-23(28)21(17-7-9-19(24)10-8-17)27-20(30)11-14-29-16-13-25-22(29)18-5-3-2-4-6-18/h2-10,12-13,15-16,21H,11,14H2,1H3,(H,27,30)/t21-/m0/s1. The second-order valence-corrected chi connectivity index (χ2v) is 7.01. The monoisotopic (exact) mass is 403 g/mol. The summed E-state index contributed by atoms with van der Waals surface area (Å²) in [6.07, 6.45) is 7.37. The fraction of sp³-hybridized carbons (Fsp3) is 0.174. The minimum absolute atomic E-state index is 0.125. The molecule has 30 heavy (non-hydrogen) atoms.